The van der Waals surface area contributed by atoms with Crippen LogP contribution in [0.15, 0.2) is 89.7 Å². The van der Waals surface area contributed by atoms with E-state index in [2.05, 4.69) is 31.8 Å². The highest BCUT2D eigenvalue weighted by Gasteiger charge is 2.36. The summed E-state index contributed by atoms with van der Waals surface area (Å²) >= 11 is 0. The zero-order valence-electron chi connectivity index (χ0n) is 22.1. The molecule has 2 aromatic heterocycles. The summed E-state index contributed by atoms with van der Waals surface area (Å²) in [5.41, 5.74) is 2.18. The van der Waals surface area contributed by atoms with Crippen LogP contribution in [-0.2, 0) is 12.8 Å². The van der Waals surface area contributed by atoms with Gasteiger partial charge in [-0.25, -0.2) is 9.78 Å². The minimum absolute atomic E-state index is 0.0370. The van der Waals surface area contributed by atoms with E-state index in [1.807, 2.05) is 31.2 Å². The lowest BCUT2D eigenvalue weighted by Gasteiger charge is -2.17. The number of halogens is 3. The molecule has 0 spiro atoms. The molecule has 5 aromatic rings. The quantitative estimate of drug-likeness (QED) is 0.252. The number of aryl methyl sites for hydroxylation is 2. The zero-order valence-corrected chi connectivity index (χ0v) is 22.1. The highest BCUT2D eigenvalue weighted by atomic mass is 19.4. The van der Waals surface area contributed by atoms with Gasteiger partial charge >= 0.3 is 11.9 Å². The summed E-state index contributed by atoms with van der Waals surface area (Å²) < 4.78 is 48.1. The number of pyridine rings is 1. The fourth-order valence-corrected chi connectivity index (χ4v) is 4.08. The lowest BCUT2D eigenvalue weighted by Crippen LogP contribution is -2.17. The molecule has 41 heavy (non-hydrogen) atoms. The fourth-order valence-electron chi connectivity index (χ4n) is 4.08. The molecule has 3 aromatic carbocycles. The lowest BCUT2D eigenvalue weighted by molar-refractivity contribution is -0.137. The third kappa shape index (κ3) is 6.68. The zero-order chi connectivity index (χ0) is 29.0. The maximum absolute atomic E-state index is 14.1. The average molecular weight is 553 g/mol. The average Bonchev–Trinajstić information content (AvgIpc) is 2.95. The van der Waals surface area contributed by atoms with E-state index >= 15 is 0 Å². The molecule has 0 aliphatic carbocycles. The van der Waals surface area contributed by atoms with Gasteiger partial charge in [0.2, 0.25) is 0 Å². The number of alkyl halides is 3. The molecule has 0 saturated carbocycles. The normalized spacial score (nSPS) is 11.0. The number of aromatic amines is 1. The number of rotatable bonds is 5. The molecule has 6 nitrogen and oxygen atoms in total. The molecule has 2 heterocycles. The first-order chi connectivity index (χ1) is 19.7. The number of hydrogen-bond acceptors (Lipinski definition) is 5. The second-order valence-corrected chi connectivity index (χ2v) is 9.25. The molecule has 0 bridgehead atoms. The van der Waals surface area contributed by atoms with E-state index in [9.17, 15) is 18.0 Å². The Kier molecular flexibility index (Phi) is 7.66. The van der Waals surface area contributed by atoms with E-state index < -0.39 is 23.0 Å². The summed E-state index contributed by atoms with van der Waals surface area (Å²) in [4.78, 5) is 27.4. The minimum atomic E-state index is -4.74. The Hall–Kier alpha value is -5.23. The Morgan fingerprint density at radius 2 is 1.46 bits per heavy atom. The van der Waals surface area contributed by atoms with E-state index in [0.29, 0.717) is 16.8 Å². The third-order valence-electron chi connectivity index (χ3n) is 6.09. The molecule has 0 unspecified atom stereocenters. The fraction of sp³-hybridized carbons (Fsp3) is 0.125. The number of benzene rings is 3. The number of aromatic nitrogens is 4. The van der Waals surface area contributed by atoms with Crippen LogP contribution in [0.2, 0.25) is 0 Å². The van der Waals surface area contributed by atoms with Crippen LogP contribution in [0.4, 0.5) is 13.2 Å². The molecule has 0 atom stereocenters. The van der Waals surface area contributed by atoms with E-state index in [4.69, 9.17) is 4.74 Å². The topological polar surface area (TPSA) is 80.8 Å². The van der Waals surface area contributed by atoms with E-state index in [1.165, 1.54) is 12.1 Å². The van der Waals surface area contributed by atoms with Crippen molar-refractivity contribution in [3.05, 3.63) is 129 Å². The monoisotopic (exact) mass is 552 g/mol. The van der Waals surface area contributed by atoms with Crippen LogP contribution in [-0.4, -0.2) is 19.9 Å². The maximum atomic E-state index is 14.1. The summed E-state index contributed by atoms with van der Waals surface area (Å²) in [6.07, 6.45) is -4.74. The van der Waals surface area contributed by atoms with Crippen LogP contribution >= 0.6 is 0 Å². The van der Waals surface area contributed by atoms with Crippen LogP contribution < -0.4 is 10.4 Å². The smallest absolute Gasteiger partial charge is 0.417 e. The molecule has 0 radical (unpaired) electrons. The Morgan fingerprint density at radius 3 is 2.12 bits per heavy atom. The van der Waals surface area contributed by atoms with Crippen LogP contribution in [0.3, 0.4) is 0 Å². The van der Waals surface area contributed by atoms with Gasteiger partial charge < -0.3 is 4.74 Å². The van der Waals surface area contributed by atoms with Gasteiger partial charge in [0.1, 0.15) is 18.2 Å². The maximum Gasteiger partial charge on any atom is 0.417 e. The third-order valence-corrected chi connectivity index (χ3v) is 6.09. The van der Waals surface area contributed by atoms with Gasteiger partial charge in [0.25, 0.3) is 0 Å². The Morgan fingerprint density at radius 1 is 0.805 bits per heavy atom. The van der Waals surface area contributed by atoms with Gasteiger partial charge in [-0.1, -0.05) is 41.7 Å². The van der Waals surface area contributed by atoms with Crippen LogP contribution in [0, 0.1) is 25.7 Å². The summed E-state index contributed by atoms with van der Waals surface area (Å²) in [5, 5.41) is 0. The largest absolute Gasteiger partial charge is 0.487 e. The molecular formula is C32H23F3N4O2. The number of nitrogens with one attached hydrogen (secondary N) is 1. The summed E-state index contributed by atoms with van der Waals surface area (Å²) in [7, 11) is 0. The van der Waals surface area contributed by atoms with Crippen LogP contribution in [0.1, 0.15) is 33.6 Å². The van der Waals surface area contributed by atoms with E-state index in [1.54, 1.807) is 49.4 Å². The Balaban J connectivity index is 1.50. The molecule has 9 heteroatoms. The first-order valence-corrected chi connectivity index (χ1v) is 12.6. The van der Waals surface area contributed by atoms with Gasteiger partial charge in [0.15, 0.2) is 5.82 Å². The number of nitrogens with zero attached hydrogens (tertiary/aromatic N) is 3. The van der Waals surface area contributed by atoms with Crippen molar-refractivity contribution >= 4 is 0 Å². The first kappa shape index (κ1) is 27.3. The minimum Gasteiger partial charge on any atom is -0.487 e. The molecule has 0 amide bonds. The van der Waals surface area contributed by atoms with Gasteiger partial charge in [0.05, 0.1) is 16.8 Å². The number of H-pyrrole nitrogens is 1. The standard InChI is InChI=1S/C32H23F3N4O2/c1-20-9-11-22(12-10-20)13-14-23-15-17-24(18-16-23)29-37-30(39-31(40)38-29)28-26(32(33,34)35)7-4-8-27(28)41-19-25-6-3-5-21(2)36-25/h3-12,15-18H,19H2,1-2H3,(H,37,38,39,40). The van der Waals surface area contributed by atoms with Crippen molar-refractivity contribution in [2.75, 3.05) is 0 Å². The van der Waals surface area contributed by atoms with Crippen molar-refractivity contribution in [3.63, 3.8) is 0 Å². The molecule has 0 fully saturated rings. The SMILES string of the molecule is Cc1ccc(C#Cc2ccc(-c3nc(-c4c(OCc5cccc(C)n5)cccc4C(F)(F)F)[nH]c(=O)n3)cc2)cc1. The second-order valence-electron chi connectivity index (χ2n) is 9.25. The summed E-state index contributed by atoms with van der Waals surface area (Å²) in [5.74, 6) is 5.68. The van der Waals surface area contributed by atoms with Crippen molar-refractivity contribution in [1.82, 2.24) is 19.9 Å². The van der Waals surface area contributed by atoms with Gasteiger partial charge in [-0.15, -0.1) is 0 Å². The van der Waals surface area contributed by atoms with Gasteiger partial charge in [0, 0.05) is 22.4 Å². The molecule has 0 saturated heterocycles. The van der Waals surface area contributed by atoms with Crippen molar-refractivity contribution in [2.45, 2.75) is 26.6 Å². The molecule has 5 rings (SSSR count). The Labute approximate surface area is 233 Å². The van der Waals surface area contributed by atoms with Crippen LogP contribution in [0.25, 0.3) is 22.8 Å². The second kappa shape index (κ2) is 11.5. The molecule has 0 aliphatic rings. The van der Waals surface area contributed by atoms with Crippen molar-refractivity contribution in [1.29, 1.82) is 0 Å². The molecule has 1 N–H and O–H groups in total. The van der Waals surface area contributed by atoms with E-state index in [-0.39, 0.29) is 24.0 Å². The van der Waals surface area contributed by atoms with Gasteiger partial charge in [-0.2, -0.15) is 18.2 Å². The van der Waals surface area contributed by atoms with Gasteiger partial charge in [-0.05, 0) is 74.5 Å². The summed E-state index contributed by atoms with van der Waals surface area (Å²) in [6, 6.07) is 23.4. The van der Waals surface area contributed by atoms with Crippen molar-refractivity contribution < 1.29 is 17.9 Å². The molecule has 0 aliphatic heterocycles. The number of ether oxygens (including phenoxy) is 1. The number of hydrogen-bond donors (Lipinski definition) is 1. The van der Waals surface area contributed by atoms with E-state index in [0.717, 1.165) is 22.9 Å². The molecular weight excluding hydrogens is 529 g/mol. The van der Waals surface area contributed by atoms with Crippen molar-refractivity contribution in [2.24, 2.45) is 0 Å². The van der Waals surface area contributed by atoms with Gasteiger partial charge in [-0.3, -0.25) is 9.97 Å². The highest BCUT2D eigenvalue weighted by Crippen LogP contribution is 2.41. The highest BCUT2D eigenvalue weighted by molar-refractivity contribution is 5.71. The van der Waals surface area contributed by atoms with Crippen molar-refractivity contribution in [3.8, 4) is 40.4 Å². The predicted octanol–water partition coefficient (Wildman–Crippen LogP) is 6.51. The molecule has 204 valence electrons. The Bertz CT molecular complexity index is 1820. The van der Waals surface area contributed by atoms with Crippen LogP contribution in [0.5, 0.6) is 5.75 Å². The lowest BCUT2D eigenvalue weighted by atomic mass is 10.0. The predicted molar refractivity (Wildman–Crippen MR) is 149 cm³/mol. The first-order valence-electron chi connectivity index (χ1n) is 12.6. The summed E-state index contributed by atoms with van der Waals surface area (Å²) in [6.45, 7) is 3.72.